The molecule has 1 aromatic rings. The van der Waals surface area contributed by atoms with Crippen molar-refractivity contribution in [3.05, 3.63) is 51.1 Å². The zero-order valence-electron chi connectivity index (χ0n) is 16.2. The number of halogens is 1. The van der Waals surface area contributed by atoms with Crippen molar-refractivity contribution in [2.75, 3.05) is 6.54 Å². The van der Waals surface area contributed by atoms with Gasteiger partial charge in [-0.15, -0.1) is 0 Å². The Kier molecular flexibility index (Phi) is 7.40. The van der Waals surface area contributed by atoms with Crippen molar-refractivity contribution in [1.82, 2.24) is 5.32 Å². The van der Waals surface area contributed by atoms with Crippen LogP contribution < -0.4 is 16.8 Å². The van der Waals surface area contributed by atoms with Crippen molar-refractivity contribution in [3.8, 4) is 0 Å². The lowest BCUT2D eigenvalue weighted by molar-refractivity contribution is -0.117. The molecule has 0 bridgehead atoms. The minimum absolute atomic E-state index is 0.158. The first-order chi connectivity index (χ1) is 13.3. The van der Waals surface area contributed by atoms with Gasteiger partial charge in [0.25, 0.3) is 0 Å². The van der Waals surface area contributed by atoms with Crippen molar-refractivity contribution < 1.29 is 14.4 Å². The molecular formula is C21H26ClN3O3. The van der Waals surface area contributed by atoms with E-state index in [0.717, 1.165) is 18.4 Å². The van der Waals surface area contributed by atoms with Crippen molar-refractivity contribution in [2.24, 2.45) is 11.5 Å². The molecule has 0 spiro atoms. The molecule has 28 heavy (non-hydrogen) atoms. The average molecular weight is 404 g/mol. The lowest BCUT2D eigenvalue weighted by Gasteiger charge is -2.26. The van der Waals surface area contributed by atoms with Crippen molar-refractivity contribution in [3.63, 3.8) is 0 Å². The van der Waals surface area contributed by atoms with Gasteiger partial charge in [-0.1, -0.05) is 24.6 Å². The molecule has 0 heterocycles. The molecule has 150 valence electrons. The van der Waals surface area contributed by atoms with Gasteiger partial charge >= 0.3 is 0 Å². The van der Waals surface area contributed by atoms with Crippen LogP contribution in [0.3, 0.4) is 0 Å². The second kappa shape index (κ2) is 9.55. The summed E-state index contributed by atoms with van der Waals surface area (Å²) < 4.78 is 0. The quantitative estimate of drug-likeness (QED) is 0.608. The first-order valence-corrected chi connectivity index (χ1v) is 9.72. The maximum Gasteiger partial charge on any atom is 0.246 e. The number of nitrogens with one attached hydrogen (secondary N) is 1. The minimum Gasteiger partial charge on any atom is -0.366 e. The topological polar surface area (TPSA) is 115 Å². The van der Waals surface area contributed by atoms with Gasteiger partial charge in [-0.2, -0.15) is 0 Å². The molecule has 6 nitrogen and oxygen atoms in total. The van der Waals surface area contributed by atoms with E-state index in [2.05, 4.69) is 5.32 Å². The summed E-state index contributed by atoms with van der Waals surface area (Å²) in [5.74, 6) is -1.74. The van der Waals surface area contributed by atoms with Gasteiger partial charge in [0, 0.05) is 34.2 Å². The van der Waals surface area contributed by atoms with E-state index in [0.29, 0.717) is 41.1 Å². The van der Waals surface area contributed by atoms with Crippen LogP contribution in [0.15, 0.2) is 34.9 Å². The number of rotatable bonds is 7. The number of amides is 3. The van der Waals surface area contributed by atoms with Crippen LogP contribution in [0.1, 0.15) is 56.6 Å². The molecule has 0 saturated heterocycles. The Hall–Kier alpha value is -2.60. The standard InChI is InChI=1S/C21H26ClN3O3/c1-3-9-25-21(28)12(2)10-14-11-13(7-8-17(14)22)15-5-4-6-16(19(23)26)18(15)20(24)27/h7-8,10-11,15H,3-6,9H2,1-2H3,(H2,23,26)(H2,24,27)(H,25,28). The summed E-state index contributed by atoms with van der Waals surface area (Å²) in [4.78, 5) is 35.9. The van der Waals surface area contributed by atoms with Crippen LogP contribution in [0.2, 0.25) is 5.02 Å². The van der Waals surface area contributed by atoms with E-state index in [4.69, 9.17) is 23.1 Å². The van der Waals surface area contributed by atoms with E-state index in [1.54, 1.807) is 19.1 Å². The van der Waals surface area contributed by atoms with E-state index in [-0.39, 0.29) is 17.4 Å². The molecule has 1 atom stereocenters. The van der Waals surface area contributed by atoms with E-state index in [1.165, 1.54) is 0 Å². The predicted molar refractivity (Wildman–Crippen MR) is 110 cm³/mol. The van der Waals surface area contributed by atoms with Gasteiger partial charge in [0.1, 0.15) is 0 Å². The van der Waals surface area contributed by atoms with Gasteiger partial charge in [-0.25, -0.2) is 0 Å². The Balaban J connectivity index is 2.44. The van der Waals surface area contributed by atoms with E-state index >= 15 is 0 Å². The SMILES string of the molecule is CCCNC(=O)C(C)=Cc1cc(C2CCCC(C(N)=O)=C2C(N)=O)ccc1Cl. The average Bonchev–Trinajstić information content (AvgIpc) is 2.66. The zero-order valence-corrected chi connectivity index (χ0v) is 16.9. The van der Waals surface area contributed by atoms with Crippen LogP contribution in [0.4, 0.5) is 0 Å². The first kappa shape index (κ1) is 21.7. The smallest absolute Gasteiger partial charge is 0.246 e. The summed E-state index contributed by atoms with van der Waals surface area (Å²) in [6.45, 7) is 4.30. The second-order valence-electron chi connectivity index (χ2n) is 6.93. The minimum atomic E-state index is -0.638. The maximum atomic E-state index is 12.1. The molecule has 0 aliphatic heterocycles. The Bertz CT molecular complexity index is 858. The zero-order chi connectivity index (χ0) is 20.8. The highest BCUT2D eigenvalue weighted by Crippen LogP contribution is 2.38. The van der Waals surface area contributed by atoms with Gasteiger partial charge < -0.3 is 16.8 Å². The molecule has 2 rings (SSSR count). The van der Waals surface area contributed by atoms with Crippen LogP contribution in [-0.4, -0.2) is 24.3 Å². The van der Waals surface area contributed by atoms with Gasteiger partial charge in [-0.3, -0.25) is 14.4 Å². The van der Waals surface area contributed by atoms with E-state index in [9.17, 15) is 14.4 Å². The molecule has 5 N–H and O–H groups in total. The molecule has 3 amide bonds. The molecule has 7 heteroatoms. The van der Waals surface area contributed by atoms with Crippen LogP contribution in [-0.2, 0) is 14.4 Å². The van der Waals surface area contributed by atoms with Crippen LogP contribution in [0, 0.1) is 0 Å². The Morgan fingerprint density at radius 1 is 1.25 bits per heavy atom. The third kappa shape index (κ3) is 5.01. The van der Waals surface area contributed by atoms with Crippen molar-refractivity contribution >= 4 is 35.4 Å². The van der Waals surface area contributed by atoms with Crippen LogP contribution in [0.25, 0.3) is 6.08 Å². The van der Waals surface area contributed by atoms with E-state index < -0.39 is 11.8 Å². The van der Waals surface area contributed by atoms with Crippen molar-refractivity contribution in [2.45, 2.75) is 45.4 Å². The maximum absolute atomic E-state index is 12.1. The number of primary amides is 2. The molecule has 1 aromatic carbocycles. The van der Waals surface area contributed by atoms with E-state index in [1.807, 2.05) is 19.1 Å². The van der Waals surface area contributed by atoms with Crippen LogP contribution >= 0.6 is 11.6 Å². The molecule has 1 unspecified atom stereocenters. The van der Waals surface area contributed by atoms with Crippen molar-refractivity contribution in [1.29, 1.82) is 0 Å². The normalized spacial score (nSPS) is 17.4. The number of benzene rings is 1. The molecule has 0 aromatic heterocycles. The predicted octanol–water partition coefficient (Wildman–Crippen LogP) is 2.80. The largest absolute Gasteiger partial charge is 0.366 e. The summed E-state index contributed by atoms with van der Waals surface area (Å²) in [5, 5.41) is 3.31. The van der Waals surface area contributed by atoms with Gasteiger partial charge in [0.15, 0.2) is 0 Å². The number of hydrogen-bond acceptors (Lipinski definition) is 3. The summed E-state index contributed by atoms with van der Waals surface area (Å²) in [7, 11) is 0. The summed E-state index contributed by atoms with van der Waals surface area (Å²) >= 11 is 6.31. The fourth-order valence-electron chi connectivity index (χ4n) is 3.45. The van der Waals surface area contributed by atoms with Gasteiger partial charge in [0.2, 0.25) is 17.7 Å². The third-order valence-corrected chi connectivity index (χ3v) is 5.19. The Morgan fingerprint density at radius 3 is 2.57 bits per heavy atom. The molecule has 0 saturated carbocycles. The van der Waals surface area contributed by atoms with Gasteiger partial charge in [0.05, 0.1) is 0 Å². The fourth-order valence-corrected chi connectivity index (χ4v) is 3.62. The first-order valence-electron chi connectivity index (χ1n) is 9.34. The Morgan fingerprint density at radius 2 is 1.96 bits per heavy atom. The van der Waals surface area contributed by atoms with Gasteiger partial charge in [-0.05, 0) is 61.9 Å². The number of nitrogens with two attached hydrogens (primary N) is 2. The molecule has 0 fully saturated rings. The third-order valence-electron chi connectivity index (χ3n) is 4.84. The Labute approximate surface area is 170 Å². The molecule has 0 radical (unpaired) electrons. The number of carbonyl (C=O) groups is 3. The summed E-state index contributed by atoms with van der Waals surface area (Å²) in [6, 6.07) is 5.36. The highest BCUT2D eigenvalue weighted by molar-refractivity contribution is 6.32. The molecular weight excluding hydrogens is 378 g/mol. The number of carbonyl (C=O) groups excluding carboxylic acids is 3. The summed E-state index contributed by atoms with van der Waals surface area (Å²) in [5.41, 5.74) is 13.6. The van der Waals surface area contributed by atoms with Crippen LogP contribution in [0.5, 0.6) is 0 Å². The molecule has 1 aliphatic rings. The highest BCUT2D eigenvalue weighted by Gasteiger charge is 2.30. The molecule has 1 aliphatic carbocycles. The second-order valence-corrected chi connectivity index (χ2v) is 7.34. The monoisotopic (exact) mass is 403 g/mol. The lowest BCUT2D eigenvalue weighted by atomic mass is 9.77. The summed E-state index contributed by atoms with van der Waals surface area (Å²) in [6.07, 6.45) is 4.41. The highest BCUT2D eigenvalue weighted by atomic mass is 35.5. The fraction of sp³-hybridized carbons (Fsp3) is 0.381. The number of hydrogen-bond donors (Lipinski definition) is 3. The lowest BCUT2D eigenvalue weighted by Crippen LogP contribution is -2.29.